The van der Waals surface area contributed by atoms with Crippen LogP contribution in [0.25, 0.3) is 0 Å². The fraction of sp³-hybridized carbons (Fsp3) is 0.375. The highest BCUT2D eigenvalue weighted by atomic mass is 15.2. The molecular weight excluding hydrogens is 248 g/mol. The van der Waals surface area contributed by atoms with Crippen molar-refractivity contribution in [1.82, 2.24) is 9.97 Å². The number of aromatic nitrogens is 2. The topological polar surface area (TPSA) is 41.1 Å². The van der Waals surface area contributed by atoms with E-state index in [-0.39, 0.29) is 0 Å². The Labute approximate surface area is 119 Å². The van der Waals surface area contributed by atoms with Gasteiger partial charge in [-0.2, -0.15) is 4.98 Å². The number of rotatable bonds is 3. The maximum absolute atomic E-state index is 4.60. The van der Waals surface area contributed by atoms with E-state index in [4.69, 9.17) is 0 Å². The lowest BCUT2D eigenvalue weighted by atomic mass is 9.99. The van der Waals surface area contributed by atoms with Crippen molar-refractivity contribution in [3.63, 3.8) is 0 Å². The van der Waals surface area contributed by atoms with E-state index >= 15 is 0 Å². The van der Waals surface area contributed by atoms with E-state index in [9.17, 15) is 0 Å². The van der Waals surface area contributed by atoms with E-state index in [1.54, 1.807) is 0 Å². The van der Waals surface area contributed by atoms with E-state index < -0.39 is 0 Å². The molecule has 0 aliphatic carbocycles. The quantitative estimate of drug-likeness (QED) is 0.929. The summed E-state index contributed by atoms with van der Waals surface area (Å²) in [5.41, 5.74) is 2.56. The molecule has 2 aromatic rings. The first-order valence-electron chi connectivity index (χ1n) is 7.09. The van der Waals surface area contributed by atoms with Crippen molar-refractivity contribution < 1.29 is 0 Å². The van der Waals surface area contributed by atoms with Gasteiger partial charge in [-0.15, -0.1) is 0 Å². The smallest absolute Gasteiger partial charge is 0.224 e. The van der Waals surface area contributed by atoms with Gasteiger partial charge in [0, 0.05) is 37.8 Å². The molecule has 4 heteroatoms. The maximum Gasteiger partial charge on any atom is 0.224 e. The highest BCUT2D eigenvalue weighted by Crippen LogP contribution is 2.31. The molecule has 1 saturated heterocycles. The van der Waals surface area contributed by atoms with Crippen LogP contribution in [0.2, 0.25) is 0 Å². The molecule has 3 rings (SSSR count). The number of hydrogen-bond acceptors (Lipinski definition) is 4. The Balaban J connectivity index is 1.80. The molecule has 0 amide bonds. The van der Waals surface area contributed by atoms with Gasteiger partial charge in [-0.1, -0.05) is 30.3 Å². The monoisotopic (exact) mass is 268 g/mol. The first kappa shape index (κ1) is 12.9. The predicted molar refractivity (Wildman–Crippen MR) is 82.3 cm³/mol. The zero-order valence-electron chi connectivity index (χ0n) is 12.0. The van der Waals surface area contributed by atoms with Crippen LogP contribution in [0.1, 0.15) is 23.5 Å². The molecule has 0 saturated carbocycles. The van der Waals surface area contributed by atoms with Gasteiger partial charge in [-0.3, -0.25) is 0 Å². The molecule has 4 nitrogen and oxygen atoms in total. The summed E-state index contributed by atoms with van der Waals surface area (Å²) in [6.45, 7) is 4.16. The van der Waals surface area contributed by atoms with Gasteiger partial charge < -0.3 is 10.2 Å². The van der Waals surface area contributed by atoms with Crippen molar-refractivity contribution >= 4 is 11.8 Å². The number of aryl methyl sites for hydroxylation is 1. The third-order valence-electron chi connectivity index (χ3n) is 3.93. The lowest BCUT2D eigenvalue weighted by Gasteiger charge is -2.20. The zero-order valence-corrected chi connectivity index (χ0v) is 12.0. The SMILES string of the molecule is CNc1ncc(C)c(N2CCC(c3ccccc3)C2)n1. The molecule has 1 aromatic heterocycles. The molecule has 0 radical (unpaired) electrons. The van der Waals surface area contributed by atoms with Gasteiger partial charge in [0.2, 0.25) is 5.95 Å². The zero-order chi connectivity index (χ0) is 13.9. The minimum absolute atomic E-state index is 0.601. The lowest BCUT2D eigenvalue weighted by Crippen LogP contribution is -2.22. The van der Waals surface area contributed by atoms with Crippen molar-refractivity contribution in [3.05, 3.63) is 47.7 Å². The number of hydrogen-bond donors (Lipinski definition) is 1. The molecule has 20 heavy (non-hydrogen) atoms. The Bertz CT molecular complexity index is 582. The van der Waals surface area contributed by atoms with Crippen molar-refractivity contribution in [2.75, 3.05) is 30.4 Å². The molecule has 0 bridgehead atoms. The van der Waals surface area contributed by atoms with Crippen LogP contribution in [0.15, 0.2) is 36.5 Å². The molecule has 1 atom stereocenters. The number of nitrogens with one attached hydrogen (secondary N) is 1. The summed E-state index contributed by atoms with van der Waals surface area (Å²) in [4.78, 5) is 11.2. The first-order chi connectivity index (χ1) is 9.78. The molecule has 104 valence electrons. The number of nitrogens with zero attached hydrogens (tertiary/aromatic N) is 3. The number of benzene rings is 1. The summed E-state index contributed by atoms with van der Waals surface area (Å²) in [6.07, 6.45) is 3.08. The highest BCUT2D eigenvalue weighted by molar-refractivity contribution is 5.50. The second-order valence-electron chi connectivity index (χ2n) is 5.29. The Hall–Kier alpha value is -2.10. The van der Waals surface area contributed by atoms with Crippen LogP contribution in [0.3, 0.4) is 0 Å². The Kier molecular flexibility index (Phi) is 3.54. The third kappa shape index (κ3) is 2.46. The molecule has 1 N–H and O–H groups in total. The van der Waals surface area contributed by atoms with Crippen LogP contribution >= 0.6 is 0 Å². The molecule has 1 aromatic carbocycles. The Morgan fingerprint density at radius 1 is 1.25 bits per heavy atom. The van der Waals surface area contributed by atoms with Crippen LogP contribution < -0.4 is 10.2 Å². The average molecular weight is 268 g/mol. The van der Waals surface area contributed by atoms with Crippen molar-refractivity contribution in [3.8, 4) is 0 Å². The van der Waals surface area contributed by atoms with Crippen LogP contribution in [-0.4, -0.2) is 30.1 Å². The van der Waals surface area contributed by atoms with Crippen LogP contribution in [0, 0.1) is 6.92 Å². The summed E-state index contributed by atoms with van der Waals surface area (Å²) < 4.78 is 0. The van der Waals surface area contributed by atoms with Gasteiger partial charge in [-0.05, 0) is 18.9 Å². The second kappa shape index (κ2) is 5.49. The van der Waals surface area contributed by atoms with Crippen LogP contribution in [0.4, 0.5) is 11.8 Å². The third-order valence-corrected chi connectivity index (χ3v) is 3.93. The standard InChI is InChI=1S/C16H20N4/c1-12-10-18-16(17-2)19-15(12)20-9-8-14(11-20)13-6-4-3-5-7-13/h3-7,10,14H,8-9,11H2,1-2H3,(H,17,18,19). The molecule has 1 fully saturated rings. The lowest BCUT2D eigenvalue weighted by molar-refractivity contribution is 0.774. The second-order valence-corrected chi connectivity index (χ2v) is 5.29. The minimum Gasteiger partial charge on any atom is -0.357 e. The number of anilines is 2. The predicted octanol–water partition coefficient (Wildman–Crippen LogP) is 2.82. The summed E-state index contributed by atoms with van der Waals surface area (Å²) in [6, 6.07) is 10.8. The average Bonchev–Trinajstić information content (AvgIpc) is 2.98. The van der Waals surface area contributed by atoms with Gasteiger partial charge in [0.05, 0.1) is 0 Å². The van der Waals surface area contributed by atoms with E-state index in [0.29, 0.717) is 11.9 Å². The summed E-state index contributed by atoms with van der Waals surface area (Å²) in [5.74, 6) is 2.35. The molecule has 1 aliphatic rings. The first-order valence-corrected chi connectivity index (χ1v) is 7.09. The fourth-order valence-electron chi connectivity index (χ4n) is 2.82. The normalized spacial score (nSPS) is 18.3. The van der Waals surface area contributed by atoms with Crippen LogP contribution in [-0.2, 0) is 0 Å². The minimum atomic E-state index is 0.601. The maximum atomic E-state index is 4.60. The van der Waals surface area contributed by atoms with Gasteiger partial charge in [-0.25, -0.2) is 4.98 Å². The summed E-state index contributed by atoms with van der Waals surface area (Å²) >= 11 is 0. The van der Waals surface area contributed by atoms with Crippen molar-refractivity contribution in [2.45, 2.75) is 19.3 Å². The van der Waals surface area contributed by atoms with Crippen LogP contribution in [0.5, 0.6) is 0 Å². The van der Waals surface area contributed by atoms with Crippen molar-refractivity contribution in [2.24, 2.45) is 0 Å². The summed E-state index contributed by atoms with van der Waals surface area (Å²) in [7, 11) is 1.85. The highest BCUT2D eigenvalue weighted by Gasteiger charge is 2.25. The largest absolute Gasteiger partial charge is 0.357 e. The van der Waals surface area contributed by atoms with E-state index in [1.807, 2.05) is 13.2 Å². The van der Waals surface area contributed by atoms with E-state index in [1.165, 1.54) is 12.0 Å². The molecule has 1 aliphatic heterocycles. The van der Waals surface area contributed by atoms with Gasteiger partial charge in [0.25, 0.3) is 0 Å². The molecule has 1 unspecified atom stereocenters. The van der Waals surface area contributed by atoms with Gasteiger partial charge >= 0.3 is 0 Å². The molecular formula is C16H20N4. The Morgan fingerprint density at radius 2 is 2.05 bits per heavy atom. The van der Waals surface area contributed by atoms with Gasteiger partial charge in [0.1, 0.15) is 5.82 Å². The summed E-state index contributed by atoms with van der Waals surface area (Å²) in [5, 5.41) is 3.01. The fourth-order valence-corrected chi connectivity index (χ4v) is 2.82. The van der Waals surface area contributed by atoms with Gasteiger partial charge in [0.15, 0.2) is 0 Å². The Morgan fingerprint density at radius 3 is 2.80 bits per heavy atom. The molecule has 2 heterocycles. The van der Waals surface area contributed by atoms with E-state index in [0.717, 1.165) is 24.5 Å². The van der Waals surface area contributed by atoms with Crippen molar-refractivity contribution in [1.29, 1.82) is 0 Å². The molecule has 0 spiro atoms. The van der Waals surface area contributed by atoms with E-state index in [2.05, 4.69) is 57.4 Å².